The van der Waals surface area contributed by atoms with Gasteiger partial charge in [0, 0.05) is 8.07 Å². The molecule has 3 atom stereocenters. The molecule has 3 unspecified atom stereocenters. The van der Waals surface area contributed by atoms with Crippen LogP contribution in [0.1, 0.15) is 25.7 Å². The van der Waals surface area contributed by atoms with Gasteiger partial charge in [0.1, 0.15) is 0 Å². The summed E-state index contributed by atoms with van der Waals surface area (Å²) in [5.41, 5.74) is 1.18. The van der Waals surface area contributed by atoms with Gasteiger partial charge in [-0.05, 0) is 30.2 Å². The summed E-state index contributed by atoms with van der Waals surface area (Å²) in [7, 11) is -0.778. The van der Waals surface area contributed by atoms with Crippen LogP contribution in [-0.2, 0) is 0 Å². The first-order valence-corrected chi connectivity index (χ1v) is 8.65. The lowest BCUT2D eigenvalue weighted by molar-refractivity contribution is 0.469. The van der Waals surface area contributed by atoms with Crippen LogP contribution < -0.4 is 0 Å². The van der Waals surface area contributed by atoms with Gasteiger partial charge in [0.15, 0.2) is 0 Å². The van der Waals surface area contributed by atoms with Gasteiger partial charge in [-0.3, -0.25) is 0 Å². The molecular weight excluding hydrogens is 148 g/mol. The maximum atomic E-state index is 2.55. The van der Waals surface area contributed by atoms with Gasteiger partial charge in [-0.1, -0.05) is 32.5 Å². The van der Waals surface area contributed by atoms with E-state index in [0.717, 1.165) is 11.8 Å². The lowest BCUT2D eigenvalue weighted by atomic mass is 10.0. The minimum atomic E-state index is -0.778. The minimum absolute atomic E-state index is 0.778. The number of rotatable bonds is 1. The molecule has 0 aliphatic heterocycles. The van der Waals surface area contributed by atoms with Gasteiger partial charge >= 0.3 is 0 Å². The van der Waals surface area contributed by atoms with Crippen molar-refractivity contribution in [2.24, 2.45) is 11.8 Å². The lowest BCUT2D eigenvalue weighted by Crippen LogP contribution is -2.31. The van der Waals surface area contributed by atoms with E-state index in [1.807, 2.05) is 0 Å². The summed E-state index contributed by atoms with van der Waals surface area (Å²) in [6.07, 6.45) is 6.32. The molecule has 0 nitrogen and oxygen atoms in total. The van der Waals surface area contributed by atoms with E-state index in [0.29, 0.717) is 0 Å². The average molecular weight is 168 g/mol. The van der Waals surface area contributed by atoms with Gasteiger partial charge in [0.2, 0.25) is 0 Å². The molecule has 11 heavy (non-hydrogen) atoms. The Morgan fingerprint density at radius 3 is 2.00 bits per heavy atom. The van der Waals surface area contributed by atoms with Gasteiger partial charge in [0.25, 0.3) is 0 Å². The zero-order chi connectivity index (χ0) is 8.06. The van der Waals surface area contributed by atoms with Gasteiger partial charge in [-0.25, -0.2) is 0 Å². The Hall–Kier alpha value is 0.217. The van der Waals surface area contributed by atoms with E-state index in [1.54, 1.807) is 25.7 Å². The smallest absolute Gasteiger partial charge is 0.0476 e. The summed E-state index contributed by atoms with van der Waals surface area (Å²) >= 11 is 0. The highest BCUT2D eigenvalue weighted by Crippen LogP contribution is 2.55. The normalized spacial score (nSPS) is 43.4. The van der Waals surface area contributed by atoms with Crippen LogP contribution in [0.4, 0.5) is 0 Å². The lowest BCUT2D eigenvalue weighted by Gasteiger charge is -2.32. The third-order valence-electron chi connectivity index (χ3n) is 3.85. The molecule has 0 saturated heterocycles. The summed E-state index contributed by atoms with van der Waals surface area (Å²) < 4.78 is 0. The molecule has 2 bridgehead atoms. The number of fused-ring (bicyclic) bond motifs is 2. The van der Waals surface area contributed by atoms with Crippen molar-refractivity contribution in [1.82, 2.24) is 0 Å². The third kappa shape index (κ3) is 1.28. The van der Waals surface area contributed by atoms with Crippen molar-refractivity contribution in [3.63, 3.8) is 0 Å². The largest absolute Gasteiger partial charge is 0.0693 e. The molecule has 0 heterocycles. The molecule has 2 fully saturated rings. The topological polar surface area (TPSA) is 0 Å². The molecule has 0 radical (unpaired) electrons. The molecule has 64 valence electrons. The SMILES string of the molecule is C[Si](C)(C)C1CC2CCC1C2. The van der Waals surface area contributed by atoms with E-state index in [-0.39, 0.29) is 0 Å². The Bertz CT molecular complexity index is 157. The molecule has 1 heteroatoms. The van der Waals surface area contributed by atoms with Crippen LogP contribution >= 0.6 is 0 Å². The Morgan fingerprint density at radius 1 is 1.00 bits per heavy atom. The highest BCUT2D eigenvalue weighted by Gasteiger charge is 2.44. The number of hydrogen-bond acceptors (Lipinski definition) is 0. The molecule has 2 rings (SSSR count). The van der Waals surface area contributed by atoms with E-state index in [4.69, 9.17) is 0 Å². The Morgan fingerprint density at radius 2 is 1.73 bits per heavy atom. The highest BCUT2D eigenvalue weighted by molar-refractivity contribution is 6.77. The molecule has 0 N–H and O–H groups in total. The molecule has 2 aliphatic rings. The van der Waals surface area contributed by atoms with Crippen LogP contribution in [0.5, 0.6) is 0 Å². The van der Waals surface area contributed by atoms with Crippen LogP contribution in [0.25, 0.3) is 0 Å². The van der Waals surface area contributed by atoms with Gasteiger partial charge < -0.3 is 0 Å². The van der Waals surface area contributed by atoms with Crippen LogP contribution in [0.3, 0.4) is 0 Å². The van der Waals surface area contributed by atoms with Gasteiger partial charge in [-0.15, -0.1) is 0 Å². The molecule has 0 aromatic heterocycles. The van der Waals surface area contributed by atoms with E-state index in [1.165, 1.54) is 5.54 Å². The van der Waals surface area contributed by atoms with Crippen molar-refractivity contribution in [2.75, 3.05) is 0 Å². The minimum Gasteiger partial charge on any atom is -0.0693 e. The predicted octanol–water partition coefficient (Wildman–Crippen LogP) is 3.51. The zero-order valence-electron chi connectivity index (χ0n) is 8.06. The maximum absolute atomic E-state index is 2.55. The summed E-state index contributed by atoms with van der Waals surface area (Å²) in [4.78, 5) is 0. The summed E-state index contributed by atoms with van der Waals surface area (Å²) in [5.74, 6) is 2.31. The zero-order valence-corrected chi connectivity index (χ0v) is 9.06. The second-order valence-electron chi connectivity index (χ2n) is 5.65. The molecule has 2 saturated carbocycles. The second kappa shape index (κ2) is 2.35. The van der Waals surface area contributed by atoms with Crippen molar-refractivity contribution >= 4 is 8.07 Å². The molecule has 0 aromatic carbocycles. The highest BCUT2D eigenvalue weighted by atomic mass is 28.3. The molecule has 0 amide bonds. The fourth-order valence-electron chi connectivity index (χ4n) is 3.31. The summed E-state index contributed by atoms with van der Waals surface area (Å²) in [5, 5.41) is 0. The van der Waals surface area contributed by atoms with Crippen LogP contribution in [0, 0.1) is 11.8 Å². The first-order chi connectivity index (χ1) is 5.07. The predicted molar refractivity (Wildman–Crippen MR) is 52.5 cm³/mol. The monoisotopic (exact) mass is 168 g/mol. The van der Waals surface area contributed by atoms with Crippen molar-refractivity contribution in [2.45, 2.75) is 50.9 Å². The Kier molecular flexibility index (Phi) is 1.68. The Labute approximate surface area is 71.4 Å². The van der Waals surface area contributed by atoms with Crippen LogP contribution in [0.2, 0.25) is 25.2 Å². The fraction of sp³-hybridized carbons (Fsp3) is 1.00. The second-order valence-corrected chi connectivity index (χ2v) is 11.1. The van der Waals surface area contributed by atoms with E-state index in [9.17, 15) is 0 Å². The quantitative estimate of drug-likeness (QED) is 0.526. The summed E-state index contributed by atoms with van der Waals surface area (Å²) in [6, 6.07) is 0. The number of hydrogen-bond donors (Lipinski definition) is 0. The van der Waals surface area contributed by atoms with Crippen molar-refractivity contribution in [3.05, 3.63) is 0 Å². The first-order valence-electron chi connectivity index (χ1n) is 5.07. The van der Waals surface area contributed by atoms with E-state index in [2.05, 4.69) is 19.6 Å². The molecule has 2 aliphatic carbocycles. The van der Waals surface area contributed by atoms with Crippen LogP contribution in [0.15, 0.2) is 0 Å². The van der Waals surface area contributed by atoms with Crippen molar-refractivity contribution in [1.29, 1.82) is 0 Å². The van der Waals surface area contributed by atoms with Gasteiger partial charge in [0.05, 0.1) is 0 Å². The van der Waals surface area contributed by atoms with Crippen molar-refractivity contribution < 1.29 is 0 Å². The molecular formula is C10H20Si. The maximum Gasteiger partial charge on any atom is 0.0476 e. The molecule has 0 spiro atoms. The third-order valence-corrected chi connectivity index (χ3v) is 6.78. The fourth-order valence-corrected chi connectivity index (χ4v) is 6.06. The first kappa shape index (κ1) is 7.84. The average Bonchev–Trinajstić information content (AvgIpc) is 2.42. The van der Waals surface area contributed by atoms with E-state index >= 15 is 0 Å². The summed E-state index contributed by atoms with van der Waals surface area (Å²) in [6.45, 7) is 7.66. The van der Waals surface area contributed by atoms with Gasteiger partial charge in [-0.2, -0.15) is 0 Å². The standard InChI is InChI=1S/C10H20Si/c1-11(2,3)10-7-8-4-5-9(10)6-8/h8-10H,4-7H2,1-3H3. The van der Waals surface area contributed by atoms with Crippen molar-refractivity contribution in [3.8, 4) is 0 Å². The Balaban J connectivity index is 2.08. The van der Waals surface area contributed by atoms with E-state index < -0.39 is 8.07 Å². The molecule has 0 aromatic rings. The van der Waals surface area contributed by atoms with Crippen LogP contribution in [-0.4, -0.2) is 8.07 Å².